The molecule has 6 heteroatoms. The first-order valence-corrected chi connectivity index (χ1v) is 7.55. The first-order valence-electron chi connectivity index (χ1n) is 6.80. The van der Waals surface area contributed by atoms with Crippen molar-refractivity contribution in [2.75, 3.05) is 0 Å². The number of rotatable bonds is 2. The molecule has 3 rings (SSSR count). The van der Waals surface area contributed by atoms with E-state index in [1.54, 1.807) is 10.9 Å². The van der Waals surface area contributed by atoms with Gasteiger partial charge in [0.2, 0.25) is 0 Å². The fourth-order valence-corrected chi connectivity index (χ4v) is 3.50. The monoisotopic (exact) mass is 310 g/mol. The molecule has 0 radical (unpaired) electrons. The van der Waals surface area contributed by atoms with Gasteiger partial charge >= 0.3 is 0 Å². The van der Waals surface area contributed by atoms with Crippen molar-refractivity contribution in [2.45, 2.75) is 38.5 Å². The molecule has 20 heavy (non-hydrogen) atoms. The van der Waals surface area contributed by atoms with E-state index in [1.165, 1.54) is 12.8 Å². The Kier molecular flexibility index (Phi) is 3.69. The van der Waals surface area contributed by atoms with Crippen LogP contribution in [0.2, 0.25) is 10.3 Å². The molecule has 0 N–H and O–H groups in total. The standard InChI is InChI=1S/C14H16Cl2N4/c1-8-10(7-17-20(8)2)14-18-12(15)11(13(16)19-14)9-5-3-4-6-9/h7,9H,3-6H2,1-2H3. The Labute approximate surface area is 128 Å². The zero-order valence-corrected chi connectivity index (χ0v) is 13.0. The number of hydrogen-bond acceptors (Lipinski definition) is 3. The fourth-order valence-electron chi connectivity index (χ4n) is 2.81. The van der Waals surface area contributed by atoms with E-state index >= 15 is 0 Å². The summed E-state index contributed by atoms with van der Waals surface area (Å²) in [5, 5.41) is 5.17. The molecule has 4 nitrogen and oxygen atoms in total. The second-order valence-electron chi connectivity index (χ2n) is 5.29. The van der Waals surface area contributed by atoms with Crippen LogP contribution in [0, 0.1) is 6.92 Å². The average molecular weight is 311 g/mol. The van der Waals surface area contributed by atoms with Gasteiger partial charge in [0.05, 0.1) is 11.8 Å². The van der Waals surface area contributed by atoms with Crippen LogP contribution in [0.25, 0.3) is 11.4 Å². The summed E-state index contributed by atoms with van der Waals surface area (Å²) in [6.45, 7) is 1.97. The van der Waals surface area contributed by atoms with Crippen LogP contribution in [0.15, 0.2) is 6.20 Å². The second kappa shape index (κ2) is 5.34. The Balaban J connectivity index is 2.05. The first kappa shape index (κ1) is 13.8. The van der Waals surface area contributed by atoms with Gasteiger partial charge in [-0.3, -0.25) is 4.68 Å². The number of nitrogens with zero attached hydrogens (tertiary/aromatic N) is 4. The van der Waals surface area contributed by atoms with Crippen LogP contribution >= 0.6 is 23.2 Å². The lowest BCUT2D eigenvalue weighted by molar-refractivity contribution is 0.715. The van der Waals surface area contributed by atoms with E-state index in [4.69, 9.17) is 23.2 Å². The normalized spacial score (nSPS) is 16.0. The minimum atomic E-state index is 0.402. The molecule has 0 unspecified atom stereocenters. The zero-order chi connectivity index (χ0) is 14.3. The smallest absolute Gasteiger partial charge is 0.165 e. The highest BCUT2D eigenvalue weighted by molar-refractivity contribution is 6.34. The van der Waals surface area contributed by atoms with Gasteiger partial charge in [0.1, 0.15) is 10.3 Å². The molecule has 2 aromatic heterocycles. The van der Waals surface area contributed by atoms with E-state index in [0.717, 1.165) is 29.7 Å². The highest BCUT2D eigenvalue weighted by Gasteiger charge is 2.25. The summed E-state index contributed by atoms with van der Waals surface area (Å²) >= 11 is 12.7. The molecule has 2 aromatic rings. The van der Waals surface area contributed by atoms with Crippen molar-refractivity contribution in [3.05, 3.63) is 27.8 Å². The molecule has 2 heterocycles. The molecule has 1 aliphatic rings. The summed E-state index contributed by atoms with van der Waals surface area (Å²) in [7, 11) is 1.88. The molecule has 1 saturated carbocycles. The molecule has 0 aromatic carbocycles. The number of hydrogen-bond donors (Lipinski definition) is 0. The Bertz CT molecular complexity index is 622. The van der Waals surface area contributed by atoms with Gasteiger partial charge in [0, 0.05) is 18.3 Å². The van der Waals surface area contributed by atoms with Gasteiger partial charge in [0.15, 0.2) is 5.82 Å². The van der Waals surface area contributed by atoms with Gasteiger partial charge in [-0.1, -0.05) is 36.0 Å². The quantitative estimate of drug-likeness (QED) is 0.783. The summed E-state index contributed by atoms with van der Waals surface area (Å²) in [6.07, 6.45) is 6.43. The lowest BCUT2D eigenvalue weighted by Gasteiger charge is -2.13. The van der Waals surface area contributed by atoms with Gasteiger partial charge in [0.25, 0.3) is 0 Å². The molecule has 1 fully saturated rings. The number of halogens is 2. The van der Waals surface area contributed by atoms with Crippen LogP contribution in [0.3, 0.4) is 0 Å². The molecular formula is C14H16Cl2N4. The van der Waals surface area contributed by atoms with E-state index < -0.39 is 0 Å². The minimum absolute atomic E-state index is 0.402. The molecule has 1 aliphatic carbocycles. The van der Waals surface area contributed by atoms with Gasteiger partial charge in [-0.25, -0.2) is 9.97 Å². The summed E-state index contributed by atoms with van der Waals surface area (Å²) in [6, 6.07) is 0. The third kappa shape index (κ3) is 2.31. The van der Waals surface area contributed by atoms with E-state index in [9.17, 15) is 0 Å². The summed E-state index contributed by atoms with van der Waals surface area (Å²) < 4.78 is 1.78. The van der Waals surface area contributed by atoms with Gasteiger partial charge < -0.3 is 0 Å². The third-order valence-electron chi connectivity index (χ3n) is 4.09. The van der Waals surface area contributed by atoms with E-state index in [1.807, 2.05) is 14.0 Å². The molecular weight excluding hydrogens is 295 g/mol. The van der Waals surface area contributed by atoms with E-state index in [2.05, 4.69) is 15.1 Å². The predicted octanol–water partition coefficient (Wildman–Crippen LogP) is 4.15. The molecule has 0 atom stereocenters. The van der Waals surface area contributed by atoms with E-state index in [-0.39, 0.29) is 0 Å². The van der Waals surface area contributed by atoms with Gasteiger partial charge in [-0.05, 0) is 25.7 Å². The highest BCUT2D eigenvalue weighted by Crippen LogP contribution is 2.40. The second-order valence-corrected chi connectivity index (χ2v) is 6.01. The Morgan fingerprint density at radius 1 is 1.15 bits per heavy atom. The van der Waals surface area contributed by atoms with Crippen molar-refractivity contribution in [1.82, 2.24) is 19.7 Å². The lowest BCUT2D eigenvalue weighted by atomic mass is 10.0. The maximum Gasteiger partial charge on any atom is 0.165 e. The molecule has 0 spiro atoms. The largest absolute Gasteiger partial charge is 0.272 e. The molecule has 0 bridgehead atoms. The third-order valence-corrected chi connectivity index (χ3v) is 4.67. The van der Waals surface area contributed by atoms with Gasteiger partial charge in [-0.2, -0.15) is 5.10 Å². The summed E-state index contributed by atoms with van der Waals surface area (Å²) in [5.41, 5.74) is 2.77. The van der Waals surface area contributed by atoms with Gasteiger partial charge in [-0.15, -0.1) is 0 Å². The maximum absolute atomic E-state index is 6.36. The Hall–Kier alpha value is -1.13. The van der Waals surface area contributed by atoms with Crippen molar-refractivity contribution in [2.24, 2.45) is 7.05 Å². The summed E-state index contributed by atoms with van der Waals surface area (Å²) in [5.74, 6) is 0.950. The van der Waals surface area contributed by atoms with Crippen LogP contribution in [-0.4, -0.2) is 19.7 Å². The zero-order valence-electron chi connectivity index (χ0n) is 11.5. The van der Waals surface area contributed by atoms with Crippen molar-refractivity contribution in [3.8, 4) is 11.4 Å². The highest BCUT2D eigenvalue weighted by atomic mass is 35.5. The molecule has 106 valence electrons. The van der Waals surface area contributed by atoms with Crippen molar-refractivity contribution in [1.29, 1.82) is 0 Å². The lowest BCUT2D eigenvalue weighted by Crippen LogP contribution is -2.02. The average Bonchev–Trinajstić information content (AvgIpc) is 3.01. The Morgan fingerprint density at radius 2 is 1.75 bits per heavy atom. The summed E-state index contributed by atoms with van der Waals surface area (Å²) in [4.78, 5) is 8.88. The molecule has 0 aliphatic heterocycles. The predicted molar refractivity (Wildman–Crippen MR) is 80.2 cm³/mol. The van der Waals surface area contributed by atoms with Crippen LogP contribution in [-0.2, 0) is 7.05 Å². The van der Waals surface area contributed by atoms with Crippen LogP contribution in [0.1, 0.15) is 42.9 Å². The van der Waals surface area contributed by atoms with Crippen LogP contribution < -0.4 is 0 Å². The van der Waals surface area contributed by atoms with Crippen molar-refractivity contribution in [3.63, 3.8) is 0 Å². The minimum Gasteiger partial charge on any atom is -0.272 e. The van der Waals surface area contributed by atoms with Crippen molar-refractivity contribution >= 4 is 23.2 Å². The van der Waals surface area contributed by atoms with Crippen molar-refractivity contribution < 1.29 is 0 Å². The SMILES string of the molecule is Cc1c(-c2nc(Cl)c(C3CCCC3)c(Cl)n2)cnn1C. The Morgan fingerprint density at radius 3 is 2.25 bits per heavy atom. The van der Waals surface area contributed by atoms with Crippen LogP contribution in [0.5, 0.6) is 0 Å². The fraction of sp³-hybridized carbons (Fsp3) is 0.500. The van der Waals surface area contributed by atoms with E-state index in [0.29, 0.717) is 22.0 Å². The van der Waals surface area contributed by atoms with Crippen LogP contribution in [0.4, 0.5) is 0 Å². The topological polar surface area (TPSA) is 43.6 Å². The molecule has 0 amide bonds. The number of aryl methyl sites for hydroxylation is 1. The first-order chi connectivity index (χ1) is 9.58. The maximum atomic E-state index is 6.36. The number of aromatic nitrogens is 4. The molecule has 0 saturated heterocycles.